The lowest BCUT2D eigenvalue weighted by atomic mass is 9.52. The van der Waals surface area contributed by atoms with Crippen molar-refractivity contribution in [3.05, 3.63) is 29.3 Å². The summed E-state index contributed by atoms with van der Waals surface area (Å²) in [6.07, 6.45) is 6.11. The topological polar surface area (TPSA) is 55.8 Å². The quantitative estimate of drug-likeness (QED) is 0.543. The number of nitrogens with zero attached hydrogens (tertiary/aromatic N) is 1. The molecule has 160 valence electrons. The minimum absolute atomic E-state index is 0.0982. The molecule has 29 heavy (non-hydrogen) atoms. The number of alkyl halides is 3. The number of benzene rings is 1. The third-order valence-electron chi connectivity index (χ3n) is 7.43. The smallest absolute Gasteiger partial charge is 0.378 e. The van der Waals surface area contributed by atoms with Crippen LogP contribution in [-0.4, -0.2) is 50.7 Å². The predicted molar refractivity (Wildman–Crippen MR) is 99.1 cm³/mol. The number of rotatable bonds is 3. The third-order valence-corrected chi connectivity index (χ3v) is 8.41. The molecule has 0 aromatic heterocycles. The van der Waals surface area contributed by atoms with E-state index >= 15 is 0 Å². The van der Waals surface area contributed by atoms with Crippen molar-refractivity contribution in [3.8, 4) is 5.75 Å². The number of hydrogen-bond acceptors (Lipinski definition) is 5. The van der Waals surface area contributed by atoms with Gasteiger partial charge in [-0.25, -0.2) is 0 Å². The molecule has 2 aliphatic carbocycles. The normalized spacial score (nSPS) is 32.8. The Balaban J connectivity index is 1.53. The Hall–Kier alpha value is -1.32. The molecule has 0 spiro atoms. The monoisotopic (exact) mass is 431 g/mol. The standard InChI is InChI=1S/C20H24F3NO4S/c21-20(22,23)29(25,26)28-15-5-4-13-9-18-16-3-1-2-6-19(16,17(13)10-15)7-8-24(18)14-11-27-12-14/h4-5,10,14,16,18H,1-3,6-9,11-12H2/t16-,18+,19+/m1/s1. The Labute approximate surface area is 168 Å². The maximum atomic E-state index is 12.8. The Kier molecular flexibility index (Phi) is 4.46. The molecule has 2 heterocycles. The van der Waals surface area contributed by atoms with E-state index in [9.17, 15) is 21.6 Å². The minimum atomic E-state index is -5.67. The van der Waals surface area contributed by atoms with E-state index < -0.39 is 15.6 Å². The first-order chi connectivity index (χ1) is 13.7. The molecule has 5 nitrogen and oxygen atoms in total. The molecule has 1 saturated carbocycles. The predicted octanol–water partition coefficient (Wildman–Crippen LogP) is 3.37. The van der Waals surface area contributed by atoms with Crippen LogP contribution in [0.25, 0.3) is 0 Å². The van der Waals surface area contributed by atoms with E-state index in [4.69, 9.17) is 4.74 Å². The third kappa shape index (κ3) is 2.99. The zero-order chi connectivity index (χ0) is 20.4. The van der Waals surface area contributed by atoms with E-state index in [0.29, 0.717) is 18.0 Å². The molecule has 4 aliphatic rings. The second kappa shape index (κ2) is 6.59. The highest BCUT2D eigenvalue weighted by atomic mass is 32.2. The van der Waals surface area contributed by atoms with Crippen molar-refractivity contribution in [2.24, 2.45) is 5.92 Å². The summed E-state index contributed by atoms with van der Waals surface area (Å²) in [6.45, 7) is 2.48. The van der Waals surface area contributed by atoms with Crippen LogP contribution in [0.1, 0.15) is 43.2 Å². The average Bonchev–Trinajstić information content (AvgIpc) is 2.61. The fourth-order valence-corrected chi connectivity index (χ4v) is 6.56. The molecule has 1 aromatic carbocycles. The Morgan fingerprint density at radius 3 is 2.66 bits per heavy atom. The fraction of sp³-hybridized carbons (Fsp3) is 0.700. The van der Waals surface area contributed by atoms with Gasteiger partial charge in [-0.05, 0) is 61.4 Å². The van der Waals surface area contributed by atoms with Gasteiger partial charge in [0.2, 0.25) is 0 Å². The van der Waals surface area contributed by atoms with Crippen LogP contribution in [-0.2, 0) is 26.7 Å². The molecule has 2 saturated heterocycles. The molecule has 0 unspecified atom stereocenters. The van der Waals surface area contributed by atoms with Crippen molar-refractivity contribution < 1.29 is 30.5 Å². The van der Waals surface area contributed by atoms with Gasteiger partial charge >= 0.3 is 15.6 Å². The van der Waals surface area contributed by atoms with Crippen LogP contribution >= 0.6 is 0 Å². The Morgan fingerprint density at radius 1 is 1.17 bits per heavy atom. The van der Waals surface area contributed by atoms with Crippen LogP contribution in [0.2, 0.25) is 0 Å². The molecule has 0 amide bonds. The second-order valence-electron chi connectivity index (χ2n) is 8.76. The number of ether oxygens (including phenoxy) is 1. The summed E-state index contributed by atoms with van der Waals surface area (Å²) in [7, 11) is -5.67. The lowest BCUT2D eigenvalue weighted by Crippen LogP contribution is -2.66. The summed E-state index contributed by atoms with van der Waals surface area (Å²) in [5.41, 5.74) is -3.43. The molecule has 3 atom stereocenters. The van der Waals surface area contributed by atoms with Crippen molar-refractivity contribution in [3.63, 3.8) is 0 Å². The SMILES string of the molecule is O=S(=O)(Oc1ccc2c(c1)[C@]13CCCC[C@@H]1[C@H](C2)N(C1COC1)CC3)C(F)(F)F. The molecule has 3 fully saturated rings. The first-order valence-electron chi connectivity index (χ1n) is 10.2. The van der Waals surface area contributed by atoms with Gasteiger partial charge in [0.15, 0.2) is 0 Å². The highest BCUT2D eigenvalue weighted by Gasteiger charge is 2.55. The van der Waals surface area contributed by atoms with Gasteiger partial charge in [-0.15, -0.1) is 0 Å². The number of likely N-dealkylation sites (tertiary alicyclic amines) is 1. The molecule has 9 heteroatoms. The zero-order valence-corrected chi connectivity index (χ0v) is 16.8. The van der Waals surface area contributed by atoms with Gasteiger partial charge in [-0.3, -0.25) is 4.90 Å². The van der Waals surface area contributed by atoms with Gasteiger partial charge in [-0.2, -0.15) is 21.6 Å². The fourth-order valence-electron chi connectivity index (χ4n) is 6.11. The highest BCUT2D eigenvalue weighted by Crippen LogP contribution is 2.56. The van der Waals surface area contributed by atoms with E-state index in [1.165, 1.54) is 6.07 Å². The minimum Gasteiger partial charge on any atom is -0.378 e. The number of halogens is 3. The zero-order valence-electron chi connectivity index (χ0n) is 16.0. The molecule has 2 bridgehead atoms. The highest BCUT2D eigenvalue weighted by molar-refractivity contribution is 7.88. The van der Waals surface area contributed by atoms with Crippen molar-refractivity contribution in [1.82, 2.24) is 4.90 Å². The van der Waals surface area contributed by atoms with Gasteiger partial charge in [0.1, 0.15) is 5.75 Å². The van der Waals surface area contributed by atoms with Crippen molar-refractivity contribution in [2.75, 3.05) is 19.8 Å². The van der Waals surface area contributed by atoms with Crippen LogP contribution in [0, 0.1) is 5.92 Å². The summed E-state index contributed by atoms with van der Waals surface area (Å²) in [5, 5.41) is 0. The van der Waals surface area contributed by atoms with E-state index in [1.807, 2.05) is 0 Å². The molecule has 5 rings (SSSR count). The van der Waals surface area contributed by atoms with E-state index in [-0.39, 0.29) is 11.2 Å². The van der Waals surface area contributed by atoms with Crippen LogP contribution in [0.5, 0.6) is 5.75 Å². The Morgan fingerprint density at radius 2 is 1.97 bits per heavy atom. The van der Waals surface area contributed by atoms with Crippen molar-refractivity contribution in [1.29, 1.82) is 0 Å². The van der Waals surface area contributed by atoms with E-state index in [2.05, 4.69) is 9.08 Å². The summed E-state index contributed by atoms with van der Waals surface area (Å²) in [4.78, 5) is 2.58. The van der Waals surface area contributed by atoms with Gasteiger partial charge in [0.25, 0.3) is 0 Å². The van der Waals surface area contributed by atoms with Crippen LogP contribution in [0.3, 0.4) is 0 Å². The number of hydrogen-bond donors (Lipinski definition) is 0. The average molecular weight is 431 g/mol. The summed E-state index contributed by atoms with van der Waals surface area (Å²) < 4.78 is 71.1. The van der Waals surface area contributed by atoms with Gasteiger partial charge in [0, 0.05) is 11.5 Å². The largest absolute Gasteiger partial charge is 0.534 e. The van der Waals surface area contributed by atoms with Crippen LogP contribution < -0.4 is 4.18 Å². The van der Waals surface area contributed by atoms with Gasteiger partial charge in [0.05, 0.1) is 19.3 Å². The van der Waals surface area contributed by atoms with Crippen LogP contribution in [0.15, 0.2) is 18.2 Å². The summed E-state index contributed by atoms with van der Waals surface area (Å²) >= 11 is 0. The molecule has 0 radical (unpaired) electrons. The van der Waals surface area contributed by atoms with E-state index in [0.717, 1.165) is 69.4 Å². The first kappa shape index (κ1) is 19.6. The number of fused-ring (bicyclic) bond motifs is 1. The molecular formula is C20H24F3NO4S. The second-order valence-corrected chi connectivity index (χ2v) is 10.3. The maximum Gasteiger partial charge on any atom is 0.534 e. The molecule has 2 aliphatic heterocycles. The lowest BCUT2D eigenvalue weighted by molar-refractivity contribution is -0.120. The van der Waals surface area contributed by atoms with Crippen LogP contribution in [0.4, 0.5) is 13.2 Å². The Bertz CT molecular complexity index is 915. The van der Waals surface area contributed by atoms with E-state index in [1.54, 1.807) is 12.1 Å². The van der Waals surface area contributed by atoms with Crippen molar-refractivity contribution >= 4 is 10.1 Å². The summed E-state index contributed by atoms with van der Waals surface area (Å²) in [6, 6.07) is 5.55. The van der Waals surface area contributed by atoms with Gasteiger partial charge < -0.3 is 8.92 Å². The van der Waals surface area contributed by atoms with Crippen molar-refractivity contribution in [2.45, 2.75) is 61.5 Å². The molecule has 0 N–H and O–H groups in total. The number of piperidine rings is 1. The maximum absolute atomic E-state index is 12.8. The molecule has 1 aromatic rings. The molecular weight excluding hydrogens is 407 g/mol. The summed E-state index contributed by atoms with van der Waals surface area (Å²) in [5.74, 6) is 0.195. The van der Waals surface area contributed by atoms with Gasteiger partial charge in [-0.1, -0.05) is 18.9 Å². The first-order valence-corrected chi connectivity index (χ1v) is 11.6. The lowest BCUT2D eigenvalue weighted by Gasteiger charge is -2.61.